The Hall–Kier alpha value is -1.14. The van der Waals surface area contributed by atoms with Crippen molar-refractivity contribution in [2.24, 2.45) is 0 Å². The van der Waals surface area contributed by atoms with Crippen LogP contribution in [0.4, 0.5) is 0 Å². The van der Waals surface area contributed by atoms with Crippen molar-refractivity contribution in [1.29, 1.82) is 0 Å². The molecule has 3 rings (SSSR count). The molecular weight excluding hydrogens is 404 g/mol. The van der Waals surface area contributed by atoms with Crippen molar-refractivity contribution in [3.8, 4) is 0 Å². The van der Waals surface area contributed by atoms with E-state index >= 15 is 0 Å². The molecule has 0 bridgehead atoms. The first-order valence-corrected chi connectivity index (χ1v) is 13.0. The molecule has 6 heteroatoms. The Bertz CT molecular complexity index is 645. The first kappa shape index (κ1) is 25.5. The molecule has 32 heavy (non-hydrogen) atoms. The van der Waals surface area contributed by atoms with Gasteiger partial charge in [0.2, 0.25) is 0 Å². The number of amides is 1. The average molecular weight is 451 g/mol. The zero-order valence-electron chi connectivity index (χ0n) is 21.2. The first-order chi connectivity index (χ1) is 15.0. The van der Waals surface area contributed by atoms with Gasteiger partial charge >= 0.3 is 5.97 Å². The molecule has 2 saturated heterocycles. The van der Waals surface area contributed by atoms with E-state index in [4.69, 9.17) is 9.47 Å². The van der Waals surface area contributed by atoms with E-state index in [-0.39, 0.29) is 29.5 Å². The highest BCUT2D eigenvalue weighted by atomic mass is 16.6. The maximum absolute atomic E-state index is 14.1. The minimum Gasteiger partial charge on any atom is -0.465 e. The number of nitrogens with one attached hydrogen (secondary N) is 1. The summed E-state index contributed by atoms with van der Waals surface area (Å²) in [5, 5.41) is 3.68. The van der Waals surface area contributed by atoms with Crippen molar-refractivity contribution in [2.45, 2.75) is 140 Å². The van der Waals surface area contributed by atoms with Gasteiger partial charge in [0.1, 0.15) is 12.3 Å². The van der Waals surface area contributed by atoms with Crippen LogP contribution in [0.3, 0.4) is 0 Å². The largest absolute Gasteiger partial charge is 0.465 e. The van der Waals surface area contributed by atoms with Gasteiger partial charge in [-0.1, -0.05) is 44.9 Å². The molecule has 0 aromatic carbocycles. The van der Waals surface area contributed by atoms with E-state index in [2.05, 4.69) is 33.0 Å². The van der Waals surface area contributed by atoms with Crippen LogP contribution in [0.5, 0.6) is 0 Å². The van der Waals surface area contributed by atoms with E-state index in [1.165, 1.54) is 32.1 Å². The maximum Gasteiger partial charge on any atom is 0.325 e. The summed E-state index contributed by atoms with van der Waals surface area (Å²) in [6, 6.07) is 0. The van der Waals surface area contributed by atoms with E-state index in [9.17, 15) is 9.59 Å². The third-order valence-corrected chi connectivity index (χ3v) is 7.37. The van der Waals surface area contributed by atoms with E-state index in [0.717, 1.165) is 38.5 Å². The number of carbonyl (C=O) groups excluding carboxylic acids is 2. The van der Waals surface area contributed by atoms with Crippen molar-refractivity contribution in [2.75, 3.05) is 13.2 Å². The van der Waals surface area contributed by atoms with Crippen LogP contribution in [-0.2, 0) is 19.1 Å². The van der Waals surface area contributed by atoms with E-state index in [1.807, 2.05) is 6.92 Å². The average Bonchev–Trinajstić information content (AvgIpc) is 2.84. The third kappa shape index (κ3) is 5.85. The molecule has 1 aliphatic carbocycles. The Morgan fingerprint density at radius 2 is 1.38 bits per heavy atom. The second kappa shape index (κ2) is 10.0. The summed E-state index contributed by atoms with van der Waals surface area (Å²) < 4.78 is 12.3. The molecule has 1 amide bonds. The lowest BCUT2D eigenvalue weighted by molar-refractivity contribution is -0.180. The molecule has 2 aliphatic heterocycles. The summed E-state index contributed by atoms with van der Waals surface area (Å²) in [7, 11) is 0. The fraction of sp³-hybridized carbons (Fsp3) is 0.923. The van der Waals surface area contributed by atoms with E-state index in [1.54, 1.807) is 4.90 Å². The van der Waals surface area contributed by atoms with Crippen LogP contribution >= 0.6 is 0 Å². The fourth-order valence-corrected chi connectivity index (χ4v) is 6.70. The van der Waals surface area contributed by atoms with Gasteiger partial charge in [-0.15, -0.1) is 0 Å². The van der Waals surface area contributed by atoms with Gasteiger partial charge in [-0.25, -0.2) is 0 Å². The zero-order chi connectivity index (χ0) is 23.5. The lowest BCUT2D eigenvalue weighted by atomic mass is 9.72. The molecule has 2 heterocycles. The number of ether oxygens (including phenoxy) is 2. The molecular formula is C26H46N2O4. The molecule has 0 aromatic heterocycles. The molecule has 0 aromatic rings. The topological polar surface area (TPSA) is 67.9 Å². The SMILES string of the molecule is CCOC(=O)CN1C(=O)C2(CC(C)(C)NC(C)(C)C2)OC12CCCCCCCCCCC2. The Balaban J connectivity index is 1.95. The maximum atomic E-state index is 14.1. The molecule has 1 saturated carbocycles. The summed E-state index contributed by atoms with van der Waals surface area (Å²) in [6.45, 7) is 10.7. The van der Waals surface area contributed by atoms with Crippen molar-refractivity contribution in [3.63, 3.8) is 0 Å². The van der Waals surface area contributed by atoms with Gasteiger partial charge in [-0.3, -0.25) is 9.59 Å². The van der Waals surface area contributed by atoms with Gasteiger partial charge in [-0.05, 0) is 60.3 Å². The van der Waals surface area contributed by atoms with E-state index < -0.39 is 11.3 Å². The third-order valence-electron chi connectivity index (χ3n) is 7.37. The minimum atomic E-state index is -0.887. The number of rotatable bonds is 3. The summed E-state index contributed by atoms with van der Waals surface area (Å²) in [5.41, 5.74) is -2.05. The molecule has 184 valence electrons. The standard InChI is InChI=1S/C26H46N2O4/c1-6-31-21(29)18-28-22(30)25(19-23(2,3)27-24(4,5)20-25)32-26(28)16-14-12-10-8-7-9-11-13-15-17-26/h27H,6-20H2,1-5H3. The number of hydrogen-bond donors (Lipinski definition) is 1. The van der Waals surface area contributed by atoms with Crippen LogP contribution in [0.1, 0.15) is 118 Å². The summed E-state index contributed by atoms with van der Waals surface area (Å²) in [4.78, 5) is 28.5. The molecule has 1 N–H and O–H groups in total. The van der Waals surface area contributed by atoms with Crippen molar-refractivity contribution >= 4 is 11.9 Å². The second-order valence-corrected chi connectivity index (χ2v) is 11.7. The van der Waals surface area contributed by atoms with Crippen LogP contribution in [-0.4, -0.2) is 52.3 Å². The lowest BCUT2D eigenvalue weighted by Crippen LogP contribution is -2.65. The summed E-state index contributed by atoms with van der Waals surface area (Å²) in [5.74, 6) is -0.347. The molecule has 0 atom stereocenters. The normalized spacial score (nSPS) is 27.7. The minimum absolute atomic E-state index is 0.0112. The first-order valence-electron chi connectivity index (χ1n) is 13.0. The van der Waals surface area contributed by atoms with Crippen molar-refractivity contribution in [3.05, 3.63) is 0 Å². The highest BCUT2D eigenvalue weighted by Gasteiger charge is 2.64. The van der Waals surface area contributed by atoms with Crippen LogP contribution in [0.2, 0.25) is 0 Å². The van der Waals surface area contributed by atoms with Gasteiger partial charge in [0.25, 0.3) is 5.91 Å². The summed E-state index contributed by atoms with van der Waals surface area (Å²) in [6.07, 6.45) is 13.5. The Morgan fingerprint density at radius 1 is 0.906 bits per heavy atom. The monoisotopic (exact) mass is 450 g/mol. The molecule has 0 unspecified atom stereocenters. The molecule has 3 fully saturated rings. The zero-order valence-corrected chi connectivity index (χ0v) is 21.2. The van der Waals surface area contributed by atoms with Crippen molar-refractivity contribution in [1.82, 2.24) is 10.2 Å². The van der Waals surface area contributed by atoms with Gasteiger partial charge in [-0.2, -0.15) is 0 Å². The molecule has 0 radical (unpaired) electrons. The predicted molar refractivity (Wildman–Crippen MR) is 126 cm³/mol. The number of hydrogen-bond acceptors (Lipinski definition) is 5. The highest BCUT2D eigenvalue weighted by molar-refractivity contribution is 5.91. The lowest BCUT2D eigenvalue weighted by Gasteiger charge is -2.50. The smallest absolute Gasteiger partial charge is 0.325 e. The van der Waals surface area contributed by atoms with Crippen LogP contribution < -0.4 is 5.32 Å². The molecule has 3 aliphatic rings. The molecule has 6 nitrogen and oxygen atoms in total. The van der Waals surface area contributed by atoms with Gasteiger partial charge in [0, 0.05) is 23.9 Å². The number of piperidine rings is 1. The van der Waals surface area contributed by atoms with E-state index in [0.29, 0.717) is 19.4 Å². The number of esters is 1. The van der Waals surface area contributed by atoms with Gasteiger partial charge < -0.3 is 19.7 Å². The predicted octanol–water partition coefficient (Wildman–Crippen LogP) is 5.09. The van der Waals surface area contributed by atoms with Crippen LogP contribution in [0.15, 0.2) is 0 Å². The Kier molecular flexibility index (Phi) is 7.97. The van der Waals surface area contributed by atoms with Gasteiger partial charge in [0.05, 0.1) is 6.61 Å². The van der Waals surface area contributed by atoms with Crippen LogP contribution in [0.25, 0.3) is 0 Å². The Morgan fingerprint density at radius 3 is 1.84 bits per heavy atom. The Labute approximate surface area is 195 Å². The van der Waals surface area contributed by atoms with Crippen LogP contribution in [0, 0.1) is 0 Å². The summed E-state index contributed by atoms with van der Waals surface area (Å²) >= 11 is 0. The second-order valence-electron chi connectivity index (χ2n) is 11.7. The fourth-order valence-electron chi connectivity index (χ4n) is 6.70. The molecule has 2 spiro atoms. The van der Waals surface area contributed by atoms with Gasteiger partial charge in [0.15, 0.2) is 5.60 Å². The quantitative estimate of drug-likeness (QED) is 0.607. The van der Waals surface area contributed by atoms with Crippen molar-refractivity contribution < 1.29 is 19.1 Å². The highest BCUT2D eigenvalue weighted by Crippen LogP contribution is 2.50. The number of nitrogens with zero attached hydrogens (tertiary/aromatic N) is 1. The number of carbonyl (C=O) groups is 2.